The van der Waals surface area contributed by atoms with Crippen molar-refractivity contribution in [3.63, 3.8) is 0 Å². The van der Waals surface area contributed by atoms with E-state index in [4.69, 9.17) is 0 Å². The molecule has 0 bridgehead atoms. The molecule has 1 amide bonds. The van der Waals surface area contributed by atoms with Gasteiger partial charge in [-0.2, -0.15) is 4.31 Å². The molecule has 1 N–H and O–H groups in total. The van der Waals surface area contributed by atoms with Crippen molar-refractivity contribution in [1.82, 2.24) is 9.62 Å². The van der Waals surface area contributed by atoms with Crippen molar-refractivity contribution < 1.29 is 13.2 Å². The van der Waals surface area contributed by atoms with Crippen LogP contribution in [0.3, 0.4) is 0 Å². The predicted octanol–water partition coefficient (Wildman–Crippen LogP) is 3.08. The predicted molar refractivity (Wildman–Crippen MR) is 106 cm³/mol. The van der Waals surface area contributed by atoms with Crippen molar-refractivity contribution >= 4 is 15.9 Å². The van der Waals surface area contributed by atoms with E-state index in [2.05, 4.69) is 17.4 Å². The first-order chi connectivity index (χ1) is 12.8. The SMILES string of the molecule is Cc1cc(C)c(CNC(=O)C2CCCN2S(=O)(=O)c2ccccc2)c(C)c1. The van der Waals surface area contributed by atoms with Crippen molar-refractivity contribution in [2.45, 2.75) is 51.1 Å². The van der Waals surface area contributed by atoms with E-state index in [-0.39, 0.29) is 10.8 Å². The second-order valence-corrected chi connectivity index (χ2v) is 9.07. The summed E-state index contributed by atoms with van der Waals surface area (Å²) in [6.07, 6.45) is 1.23. The van der Waals surface area contributed by atoms with Crippen molar-refractivity contribution in [2.24, 2.45) is 0 Å². The minimum atomic E-state index is -3.67. The van der Waals surface area contributed by atoms with E-state index in [1.54, 1.807) is 30.3 Å². The molecule has 1 saturated heterocycles. The van der Waals surface area contributed by atoms with Gasteiger partial charge in [0.2, 0.25) is 15.9 Å². The van der Waals surface area contributed by atoms with Gasteiger partial charge >= 0.3 is 0 Å². The van der Waals surface area contributed by atoms with Crippen LogP contribution in [-0.4, -0.2) is 31.2 Å². The Hall–Kier alpha value is -2.18. The lowest BCUT2D eigenvalue weighted by Crippen LogP contribution is -2.45. The maximum atomic E-state index is 12.9. The molecule has 1 heterocycles. The van der Waals surface area contributed by atoms with Gasteiger partial charge in [0.1, 0.15) is 6.04 Å². The summed E-state index contributed by atoms with van der Waals surface area (Å²) >= 11 is 0. The van der Waals surface area contributed by atoms with Gasteiger partial charge in [-0.15, -0.1) is 0 Å². The highest BCUT2D eigenvalue weighted by Crippen LogP contribution is 2.26. The molecule has 0 aromatic heterocycles. The second kappa shape index (κ2) is 7.82. The first-order valence-electron chi connectivity index (χ1n) is 9.22. The zero-order chi connectivity index (χ0) is 19.6. The van der Waals surface area contributed by atoms with E-state index in [0.29, 0.717) is 25.9 Å². The Bertz CT molecular complexity index is 916. The molecule has 27 heavy (non-hydrogen) atoms. The maximum Gasteiger partial charge on any atom is 0.243 e. The van der Waals surface area contributed by atoms with Gasteiger partial charge in [-0.1, -0.05) is 35.9 Å². The van der Waals surface area contributed by atoms with E-state index < -0.39 is 16.1 Å². The number of carbonyl (C=O) groups is 1. The van der Waals surface area contributed by atoms with Crippen molar-refractivity contribution in [3.05, 3.63) is 64.7 Å². The minimum Gasteiger partial charge on any atom is -0.351 e. The molecule has 1 aliphatic rings. The fourth-order valence-corrected chi connectivity index (χ4v) is 5.48. The zero-order valence-corrected chi connectivity index (χ0v) is 16.8. The average molecular weight is 387 g/mol. The Morgan fingerprint density at radius 2 is 1.74 bits per heavy atom. The summed E-state index contributed by atoms with van der Waals surface area (Å²) in [6.45, 7) is 6.89. The van der Waals surface area contributed by atoms with Gasteiger partial charge in [0.05, 0.1) is 4.90 Å². The van der Waals surface area contributed by atoms with Crippen LogP contribution < -0.4 is 5.32 Å². The van der Waals surface area contributed by atoms with E-state index in [0.717, 1.165) is 16.7 Å². The van der Waals surface area contributed by atoms with Crippen LogP contribution >= 0.6 is 0 Å². The summed E-state index contributed by atoms with van der Waals surface area (Å²) in [5.41, 5.74) is 4.54. The van der Waals surface area contributed by atoms with E-state index in [1.807, 2.05) is 20.8 Å². The van der Waals surface area contributed by atoms with Crippen molar-refractivity contribution in [3.8, 4) is 0 Å². The summed E-state index contributed by atoms with van der Waals surface area (Å²) in [5.74, 6) is -0.230. The molecule has 1 aliphatic heterocycles. The van der Waals surface area contributed by atoms with Crippen LogP contribution in [0.5, 0.6) is 0 Å². The third kappa shape index (κ3) is 4.06. The maximum absolute atomic E-state index is 12.9. The molecule has 0 saturated carbocycles. The number of hydrogen-bond donors (Lipinski definition) is 1. The Balaban J connectivity index is 1.75. The van der Waals surface area contributed by atoms with Crippen LogP contribution in [0.1, 0.15) is 35.1 Å². The van der Waals surface area contributed by atoms with Crippen LogP contribution in [0.4, 0.5) is 0 Å². The normalized spacial score (nSPS) is 17.8. The van der Waals surface area contributed by atoms with Gasteiger partial charge in [-0.25, -0.2) is 8.42 Å². The summed E-state index contributed by atoms with van der Waals surface area (Å²) in [7, 11) is -3.67. The molecular formula is C21H26N2O3S. The molecule has 0 radical (unpaired) electrons. The highest BCUT2D eigenvalue weighted by molar-refractivity contribution is 7.89. The summed E-state index contributed by atoms with van der Waals surface area (Å²) in [4.78, 5) is 13.0. The molecule has 0 aliphatic carbocycles. The van der Waals surface area contributed by atoms with Crippen molar-refractivity contribution in [2.75, 3.05) is 6.54 Å². The summed E-state index contributed by atoms with van der Waals surface area (Å²) in [6, 6.07) is 11.8. The molecule has 1 atom stereocenters. The second-order valence-electron chi connectivity index (χ2n) is 7.18. The van der Waals surface area contributed by atoms with Gasteiger partial charge < -0.3 is 5.32 Å². The minimum absolute atomic E-state index is 0.230. The van der Waals surface area contributed by atoms with Crippen LogP contribution in [0.15, 0.2) is 47.4 Å². The van der Waals surface area contributed by atoms with E-state index in [1.165, 1.54) is 9.87 Å². The van der Waals surface area contributed by atoms with Gasteiger partial charge in [-0.3, -0.25) is 4.79 Å². The van der Waals surface area contributed by atoms with Crippen LogP contribution in [-0.2, 0) is 21.4 Å². The summed E-state index contributed by atoms with van der Waals surface area (Å²) in [5, 5.41) is 2.95. The number of carbonyl (C=O) groups excluding carboxylic acids is 1. The lowest BCUT2D eigenvalue weighted by molar-refractivity contribution is -0.124. The lowest BCUT2D eigenvalue weighted by atomic mass is 10.00. The molecule has 1 unspecified atom stereocenters. The fourth-order valence-electron chi connectivity index (χ4n) is 3.80. The third-order valence-corrected chi connectivity index (χ3v) is 7.06. The molecular weight excluding hydrogens is 360 g/mol. The zero-order valence-electron chi connectivity index (χ0n) is 16.0. The van der Waals surface area contributed by atoms with Gasteiger partial charge in [0, 0.05) is 13.1 Å². The van der Waals surface area contributed by atoms with Crippen molar-refractivity contribution in [1.29, 1.82) is 0 Å². The number of sulfonamides is 1. The number of nitrogens with zero attached hydrogens (tertiary/aromatic N) is 1. The standard InChI is InChI=1S/C21H26N2O3S/c1-15-12-16(2)19(17(3)13-15)14-22-21(24)20-10-7-11-23(20)27(25,26)18-8-5-4-6-9-18/h4-6,8-9,12-13,20H,7,10-11,14H2,1-3H3,(H,22,24). The largest absolute Gasteiger partial charge is 0.351 e. The summed E-state index contributed by atoms with van der Waals surface area (Å²) < 4.78 is 27.2. The topological polar surface area (TPSA) is 66.5 Å². The number of nitrogens with one attached hydrogen (secondary N) is 1. The Kier molecular flexibility index (Phi) is 5.67. The molecule has 5 nitrogen and oxygen atoms in total. The highest BCUT2D eigenvalue weighted by Gasteiger charge is 2.39. The first kappa shape index (κ1) is 19.6. The number of amides is 1. The number of aryl methyl sites for hydroxylation is 3. The van der Waals surface area contributed by atoms with Gasteiger partial charge in [-0.05, 0) is 62.4 Å². The molecule has 2 aromatic rings. The Morgan fingerprint density at radius 1 is 1.11 bits per heavy atom. The van der Waals surface area contributed by atoms with Gasteiger partial charge in [0.15, 0.2) is 0 Å². The molecule has 3 rings (SSSR count). The Morgan fingerprint density at radius 3 is 2.37 bits per heavy atom. The number of hydrogen-bond acceptors (Lipinski definition) is 3. The third-order valence-electron chi connectivity index (χ3n) is 5.14. The smallest absolute Gasteiger partial charge is 0.243 e. The molecule has 2 aromatic carbocycles. The molecule has 6 heteroatoms. The van der Waals surface area contributed by atoms with E-state index >= 15 is 0 Å². The van der Waals surface area contributed by atoms with Crippen LogP contribution in [0.25, 0.3) is 0 Å². The average Bonchev–Trinajstić information content (AvgIpc) is 3.12. The van der Waals surface area contributed by atoms with Gasteiger partial charge in [0.25, 0.3) is 0 Å². The number of rotatable bonds is 5. The van der Waals surface area contributed by atoms with E-state index in [9.17, 15) is 13.2 Å². The Labute approximate surface area is 161 Å². The fraction of sp³-hybridized carbons (Fsp3) is 0.381. The number of benzene rings is 2. The first-order valence-corrected chi connectivity index (χ1v) is 10.7. The molecule has 144 valence electrons. The highest BCUT2D eigenvalue weighted by atomic mass is 32.2. The quantitative estimate of drug-likeness (QED) is 0.859. The molecule has 1 fully saturated rings. The lowest BCUT2D eigenvalue weighted by Gasteiger charge is -2.24. The van der Waals surface area contributed by atoms with Crippen LogP contribution in [0.2, 0.25) is 0 Å². The molecule has 0 spiro atoms. The van der Waals surface area contributed by atoms with Crippen LogP contribution in [0, 0.1) is 20.8 Å². The monoisotopic (exact) mass is 386 g/mol.